The van der Waals surface area contributed by atoms with Crippen LogP contribution < -0.4 is 9.64 Å². The molecule has 4 heterocycles. The summed E-state index contributed by atoms with van der Waals surface area (Å²) in [4.78, 5) is 14.0. The quantitative estimate of drug-likeness (QED) is 0.716. The van der Waals surface area contributed by atoms with Crippen LogP contribution >= 0.6 is 0 Å². The Morgan fingerprint density at radius 1 is 1.00 bits per heavy atom. The van der Waals surface area contributed by atoms with Gasteiger partial charge in [0.1, 0.15) is 23.5 Å². The van der Waals surface area contributed by atoms with Gasteiger partial charge in [-0.25, -0.2) is 9.97 Å². The van der Waals surface area contributed by atoms with Gasteiger partial charge in [-0.2, -0.15) is 0 Å². The maximum absolute atomic E-state index is 5.33. The average Bonchev–Trinajstić information content (AvgIpc) is 3.34. The van der Waals surface area contributed by atoms with Crippen LogP contribution in [0.2, 0.25) is 0 Å². The van der Waals surface area contributed by atoms with Crippen molar-refractivity contribution >= 4 is 16.9 Å². The van der Waals surface area contributed by atoms with E-state index in [1.165, 1.54) is 5.56 Å². The smallest absolute Gasteiger partial charge is 0.145 e. The minimum atomic E-state index is 0.444. The Hall–Kier alpha value is -2.60. The molecule has 2 aromatic heterocycles. The van der Waals surface area contributed by atoms with Crippen LogP contribution in [-0.2, 0) is 7.05 Å². The van der Waals surface area contributed by atoms with Crippen LogP contribution in [0.5, 0.6) is 5.75 Å². The minimum Gasteiger partial charge on any atom is -0.497 e. The molecule has 0 spiro atoms. The molecule has 0 N–H and O–H groups in total. The molecule has 6 nitrogen and oxygen atoms in total. The lowest BCUT2D eigenvalue weighted by Crippen LogP contribution is -2.29. The van der Waals surface area contributed by atoms with Crippen molar-refractivity contribution in [1.29, 1.82) is 0 Å². The molecule has 0 aliphatic carbocycles. The number of aromatic nitrogens is 3. The maximum atomic E-state index is 5.33. The number of ether oxygens (including phenoxy) is 1. The van der Waals surface area contributed by atoms with Crippen LogP contribution in [0, 0.1) is 11.8 Å². The maximum Gasteiger partial charge on any atom is 0.145 e. The van der Waals surface area contributed by atoms with Gasteiger partial charge in [0.2, 0.25) is 0 Å². The van der Waals surface area contributed by atoms with Crippen molar-refractivity contribution in [2.24, 2.45) is 18.9 Å². The number of anilines is 1. The van der Waals surface area contributed by atoms with Crippen LogP contribution in [0.3, 0.4) is 0 Å². The van der Waals surface area contributed by atoms with E-state index in [4.69, 9.17) is 4.74 Å². The Morgan fingerprint density at radius 2 is 1.81 bits per heavy atom. The molecule has 3 aromatic rings. The summed E-state index contributed by atoms with van der Waals surface area (Å²) in [6, 6.07) is 11.1. The Bertz CT molecular complexity index is 966. The van der Waals surface area contributed by atoms with E-state index < -0.39 is 0 Å². The second-order valence-corrected chi connectivity index (χ2v) is 7.85. The van der Waals surface area contributed by atoms with Crippen LogP contribution in [0.15, 0.2) is 42.9 Å². The molecule has 0 amide bonds. The fraction of sp³-hybridized carbons (Fsp3) is 0.429. The molecule has 27 heavy (non-hydrogen) atoms. The molecule has 5 rings (SSSR count). The summed E-state index contributed by atoms with van der Waals surface area (Å²) in [5, 5.41) is 1.15. The van der Waals surface area contributed by atoms with Gasteiger partial charge in [0, 0.05) is 44.8 Å². The normalized spacial score (nSPS) is 25.3. The molecule has 140 valence electrons. The molecular formula is C21H25N5O. The van der Waals surface area contributed by atoms with Gasteiger partial charge in [-0.05, 0) is 36.7 Å². The van der Waals surface area contributed by atoms with Gasteiger partial charge in [0.25, 0.3) is 0 Å². The molecular weight excluding hydrogens is 338 g/mol. The Labute approximate surface area is 159 Å². The third kappa shape index (κ3) is 2.58. The van der Waals surface area contributed by atoms with Gasteiger partial charge in [0.05, 0.1) is 12.5 Å². The Kier molecular flexibility index (Phi) is 3.82. The highest BCUT2D eigenvalue weighted by molar-refractivity contribution is 5.88. The number of hydrogen-bond donors (Lipinski definition) is 0. The lowest BCUT2D eigenvalue weighted by atomic mass is 9.89. The number of hydrogen-bond acceptors (Lipinski definition) is 5. The third-order valence-corrected chi connectivity index (χ3v) is 6.29. The summed E-state index contributed by atoms with van der Waals surface area (Å²) >= 11 is 0. The molecule has 2 fully saturated rings. The van der Waals surface area contributed by atoms with Crippen molar-refractivity contribution in [1.82, 2.24) is 19.4 Å². The van der Waals surface area contributed by atoms with Gasteiger partial charge < -0.3 is 14.2 Å². The van der Waals surface area contributed by atoms with Gasteiger partial charge in [0.15, 0.2) is 0 Å². The molecule has 6 heteroatoms. The van der Waals surface area contributed by atoms with E-state index in [1.807, 2.05) is 7.05 Å². The second kappa shape index (κ2) is 6.23. The van der Waals surface area contributed by atoms with E-state index in [-0.39, 0.29) is 0 Å². The first-order valence-electron chi connectivity index (χ1n) is 9.51. The Morgan fingerprint density at radius 3 is 2.59 bits per heavy atom. The van der Waals surface area contributed by atoms with E-state index in [2.05, 4.69) is 67.9 Å². The highest BCUT2D eigenvalue weighted by Gasteiger charge is 2.46. The standard InChI is InChI=1S/C21H25N5O/c1-24-9-8-17-20(24)22-13-23-21(17)26-11-15-10-25(2)19(18(15)12-26)14-4-6-16(27-3)7-5-14/h4-9,13,15,18-19H,10-12H2,1-3H3/t15-,18+,19+/m0/s1. The number of nitrogens with zero attached hydrogens (tertiary/aromatic N) is 5. The van der Waals surface area contributed by atoms with Crippen LogP contribution in [0.1, 0.15) is 11.6 Å². The van der Waals surface area contributed by atoms with E-state index in [9.17, 15) is 0 Å². The molecule has 2 saturated heterocycles. The number of rotatable bonds is 3. The van der Waals surface area contributed by atoms with Crippen molar-refractivity contribution in [3.05, 3.63) is 48.4 Å². The molecule has 0 unspecified atom stereocenters. The topological polar surface area (TPSA) is 46.4 Å². The fourth-order valence-corrected chi connectivity index (χ4v) is 5.05. The summed E-state index contributed by atoms with van der Waals surface area (Å²) in [5.41, 5.74) is 2.38. The van der Waals surface area contributed by atoms with Crippen LogP contribution in [0.25, 0.3) is 11.0 Å². The highest BCUT2D eigenvalue weighted by atomic mass is 16.5. The zero-order valence-electron chi connectivity index (χ0n) is 16.0. The van der Waals surface area contributed by atoms with Crippen molar-refractivity contribution in [2.75, 3.05) is 38.7 Å². The summed E-state index contributed by atoms with van der Waals surface area (Å²) in [6.07, 6.45) is 3.76. The van der Waals surface area contributed by atoms with Crippen LogP contribution in [-0.4, -0.2) is 53.2 Å². The number of methoxy groups -OCH3 is 1. The first kappa shape index (κ1) is 16.6. The molecule has 0 radical (unpaired) electrons. The summed E-state index contributed by atoms with van der Waals surface area (Å²) < 4.78 is 7.39. The molecule has 2 aliphatic heterocycles. The molecule has 3 atom stereocenters. The first-order valence-corrected chi connectivity index (χ1v) is 9.51. The SMILES string of the molecule is COc1ccc([C@@H]2[C@@H]3CN(c4ncnc5c4ccn5C)C[C@@H]3CN2C)cc1. The molecule has 0 bridgehead atoms. The second-order valence-electron chi connectivity index (χ2n) is 7.85. The number of likely N-dealkylation sites (tertiary alicyclic amines) is 1. The zero-order valence-corrected chi connectivity index (χ0v) is 16.0. The lowest BCUT2D eigenvalue weighted by molar-refractivity contribution is 0.279. The fourth-order valence-electron chi connectivity index (χ4n) is 5.05. The molecule has 2 aliphatic rings. The highest BCUT2D eigenvalue weighted by Crippen LogP contribution is 2.45. The Balaban J connectivity index is 1.45. The first-order chi connectivity index (χ1) is 13.2. The number of aryl methyl sites for hydroxylation is 1. The molecule has 1 aromatic carbocycles. The zero-order chi connectivity index (χ0) is 18.5. The summed E-state index contributed by atoms with van der Waals surface area (Å²) in [6.45, 7) is 3.22. The van der Waals surface area contributed by atoms with Crippen molar-refractivity contribution in [2.45, 2.75) is 6.04 Å². The van der Waals surface area contributed by atoms with Crippen molar-refractivity contribution < 1.29 is 4.74 Å². The summed E-state index contributed by atoms with van der Waals surface area (Å²) in [5.74, 6) is 3.26. The predicted octanol–water partition coefficient (Wildman–Crippen LogP) is 2.72. The minimum absolute atomic E-state index is 0.444. The number of fused-ring (bicyclic) bond motifs is 2. The number of benzene rings is 1. The van der Waals surface area contributed by atoms with Crippen LogP contribution in [0.4, 0.5) is 5.82 Å². The van der Waals surface area contributed by atoms with E-state index in [1.54, 1.807) is 13.4 Å². The molecule has 0 saturated carbocycles. The summed E-state index contributed by atoms with van der Waals surface area (Å²) in [7, 11) is 6.00. The van der Waals surface area contributed by atoms with Crippen molar-refractivity contribution in [3.63, 3.8) is 0 Å². The largest absolute Gasteiger partial charge is 0.497 e. The van der Waals surface area contributed by atoms with Gasteiger partial charge in [-0.15, -0.1) is 0 Å². The van der Waals surface area contributed by atoms with Gasteiger partial charge >= 0.3 is 0 Å². The van der Waals surface area contributed by atoms with Crippen molar-refractivity contribution in [3.8, 4) is 5.75 Å². The van der Waals surface area contributed by atoms with Gasteiger partial charge in [-0.3, -0.25) is 4.90 Å². The van der Waals surface area contributed by atoms with E-state index >= 15 is 0 Å². The van der Waals surface area contributed by atoms with E-state index in [0.29, 0.717) is 17.9 Å². The van der Waals surface area contributed by atoms with E-state index in [0.717, 1.165) is 42.2 Å². The third-order valence-electron chi connectivity index (χ3n) is 6.29. The monoisotopic (exact) mass is 363 g/mol. The predicted molar refractivity (Wildman–Crippen MR) is 106 cm³/mol. The average molecular weight is 363 g/mol. The van der Waals surface area contributed by atoms with Gasteiger partial charge in [-0.1, -0.05) is 12.1 Å². The lowest BCUT2D eigenvalue weighted by Gasteiger charge is -2.27.